The van der Waals surface area contributed by atoms with Crippen molar-refractivity contribution in [2.45, 2.75) is 19.2 Å². The summed E-state index contributed by atoms with van der Waals surface area (Å²) in [7, 11) is 1.82. The monoisotopic (exact) mass is 179 g/mol. The highest BCUT2D eigenvalue weighted by Gasteiger charge is 2.16. The molecule has 4 nitrogen and oxygen atoms in total. The molecule has 4 heteroatoms. The second-order valence-electron chi connectivity index (χ2n) is 3.03. The van der Waals surface area contributed by atoms with E-state index in [-0.39, 0.29) is 6.04 Å². The van der Waals surface area contributed by atoms with Crippen molar-refractivity contribution >= 4 is 5.71 Å². The van der Waals surface area contributed by atoms with Gasteiger partial charge in [0.05, 0.1) is 0 Å². The van der Waals surface area contributed by atoms with E-state index in [4.69, 9.17) is 5.53 Å². The number of hydrogen-bond acceptors (Lipinski definition) is 2. The van der Waals surface area contributed by atoms with Crippen LogP contribution in [0.5, 0.6) is 0 Å². The Hall–Kier alpha value is -1.22. The van der Waals surface area contributed by atoms with Gasteiger partial charge in [-0.2, -0.15) is 4.79 Å². The maximum Gasteiger partial charge on any atom is 0.314 e. The van der Waals surface area contributed by atoms with Crippen LogP contribution in [0.3, 0.4) is 0 Å². The summed E-state index contributed by atoms with van der Waals surface area (Å²) in [6, 6.07) is 0.0606. The van der Waals surface area contributed by atoms with Gasteiger partial charge in [-0.1, -0.05) is 12.2 Å². The number of hydrogen-bond donors (Lipinski definition) is 1. The second kappa shape index (κ2) is 4.14. The maximum atomic E-state index is 9.27. The fourth-order valence-electron chi connectivity index (χ4n) is 1.10. The molecule has 0 amide bonds. The van der Waals surface area contributed by atoms with E-state index in [2.05, 4.69) is 4.79 Å². The predicted octanol–water partition coefficient (Wildman–Crippen LogP) is 0.422. The molecule has 0 aromatic rings. The molecule has 0 fully saturated rings. The molecule has 0 radical (unpaired) electrons. The molecule has 0 aromatic heterocycles. The summed E-state index contributed by atoms with van der Waals surface area (Å²) in [5.41, 5.74) is 8.97. The standard InChI is InChI=1S/C9H13N3O/c1-7(13)12(2)9-5-3-8(11-10)4-6-9/h3-7,9,13H,1-2H3. The summed E-state index contributed by atoms with van der Waals surface area (Å²) in [6.07, 6.45) is 6.66. The summed E-state index contributed by atoms with van der Waals surface area (Å²) in [4.78, 5) is 4.84. The number of allylic oxidation sites excluding steroid dienone is 2. The van der Waals surface area contributed by atoms with Crippen LogP contribution in [0.25, 0.3) is 5.53 Å². The van der Waals surface area contributed by atoms with Crippen molar-refractivity contribution < 1.29 is 9.90 Å². The van der Waals surface area contributed by atoms with E-state index in [0.717, 1.165) is 0 Å². The van der Waals surface area contributed by atoms with Gasteiger partial charge in [0.2, 0.25) is 0 Å². The first-order chi connectivity index (χ1) is 6.15. The quantitative estimate of drug-likeness (QED) is 0.379. The van der Waals surface area contributed by atoms with Crippen LogP contribution < -0.4 is 0 Å². The molecule has 0 aliphatic heterocycles. The highest BCUT2D eigenvalue weighted by Crippen LogP contribution is 2.07. The van der Waals surface area contributed by atoms with Crippen molar-refractivity contribution in [3.8, 4) is 0 Å². The molecule has 13 heavy (non-hydrogen) atoms. The van der Waals surface area contributed by atoms with Crippen molar-refractivity contribution in [3.05, 3.63) is 29.8 Å². The minimum absolute atomic E-state index is 0.0606. The normalized spacial score (nSPS) is 23.4. The van der Waals surface area contributed by atoms with Gasteiger partial charge in [-0.25, -0.2) is 0 Å². The van der Waals surface area contributed by atoms with Crippen molar-refractivity contribution in [3.63, 3.8) is 0 Å². The molecular weight excluding hydrogens is 166 g/mol. The van der Waals surface area contributed by atoms with E-state index in [1.54, 1.807) is 24.0 Å². The number of aliphatic hydroxyl groups is 1. The lowest BCUT2D eigenvalue weighted by Crippen LogP contribution is -2.37. The van der Waals surface area contributed by atoms with Gasteiger partial charge in [-0.15, -0.1) is 0 Å². The highest BCUT2D eigenvalue weighted by molar-refractivity contribution is 6.00. The summed E-state index contributed by atoms with van der Waals surface area (Å²) >= 11 is 0. The van der Waals surface area contributed by atoms with Gasteiger partial charge >= 0.3 is 5.71 Å². The van der Waals surface area contributed by atoms with E-state index in [1.165, 1.54) is 0 Å². The van der Waals surface area contributed by atoms with Crippen LogP contribution in [0.15, 0.2) is 24.3 Å². The molecule has 0 spiro atoms. The highest BCUT2D eigenvalue weighted by atomic mass is 16.3. The third kappa shape index (κ3) is 2.36. The molecule has 1 unspecified atom stereocenters. The largest absolute Gasteiger partial charge is 0.379 e. The van der Waals surface area contributed by atoms with Gasteiger partial charge in [0.15, 0.2) is 0 Å². The van der Waals surface area contributed by atoms with Gasteiger partial charge < -0.3 is 10.6 Å². The third-order valence-corrected chi connectivity index (χ3v) is 2.10. The van der Waals surface area contributed by atoms with E-state index < -0.39 is 6.23 Å². The summed E-state index contributed by atoms with van der Waals surface area (Å²) < 4.78 is 0. The number of rotatable bonds is 2. The predicted molar refractivity (Wildman–Crippen MR) is 50.1 cm³/mol. The van der Waals surface area contributed by atoms with Crippen LogP contribution in [-0.2, 0) is 0 Å². The first-order valence-corrected chi connectivity index (χ1v) is 4.13. The van der Waals surface area contributed by atoms with Gasteiger partial charge in [-0.05, 0) is 14.0 Å². The Kier molecular flexibility index (Phi) is 3.14. The average Bonchev–Trinajstić information content (AvgIpc) is 2.17. The third-order valence-electron chi connectivity index (χ3n) is 2.10. The molecule has 0 saturated heterocycles. The molecular formula is C9H13N3O. The van der Waals surface area contributed by atoms with Crippen LogP contribution in [-0.4, -0.2) is 39.8 Å². The second-order valence-corrected chi connectivity index (χ2v) is 3.03. The first-order valence-electron chi connectivity index (χ1n) is 4.13. The Labute approximate surface area is 77.4 Å². The van der Waals surface area contributed by atoms with Crippen molar-refractivity contribution in [1.29, 1.82) is 0 Å². The number of likely N-dealkylation sites (N-methyl/N-ethyl adjacent to an activating group) is 1. The Morgan fingerprint density at radius 3 is 2.46 bits per heavy atom. The Balaban J connectivity index is 2.69. The minimum atomic E-state index is -0.494. The molecule has 70 valence electrons. The Morgan fingerprint density at radius 2 is 2.08 bits per heavy atom. The Morgan fingerprint density at radius 1 is 1.54 bits per heavy atom. The van der Waals surface area contributed by atoms with E-state index in [9.17, 15) is 5.11 Å². The SMILES string of the molecule is CC(O)N(C)C1C=CC(=[N+]=[N-])C=C1. The summed E-state index contributed by atoms with van der Waals surface area (Å²) in [6.45, 7) is 1.71. The van der Waals surface area contributed by atoms with Crippen molar-refractivity contribution in [2.24, 2.45) is 0 Å². The molecule has 0 aromatic carbocycles. The number of aliphatic hydroxyl groups excluding tert-OH is 1. The molecule has 0 bridgehead atoms. The summed E-state index contributed by atoms with van der Waals surface area (Å²) in [5.74, 6) is 0. The fraction of sp³-hybridized carbons (Fsp3) is 0.444. The summed E-state index contributed by atoms with van der Waals surface area (Å²) in [5, 5.41) is 9.27. The van der Waals surface area contributed by atoms with Gasteiger partial charge in [-0.3, -0.25) is 4.90 Å². The first kappa shape index (κ1) is 9.86. The molecule has 1 aliphatic carbocycles. The van der Waals surface area contributed by atoms with Crippen LogP contribution >= 0.6 is 0 Å². The lowest BCUT2D eigenvalue weighted by Gasteiger charge is -2.26. The molecule has 0 saturated carbocycles. The average molecular weight is 179 g/mol. The topological polar surface area (TPSA) is 59.9 Å². The van der Waals surface area contributed by atoms with Gasteiger partial charge in [0.25, 0.3) is 0 Å². The zero-order valence-electron chi connectivity index (χ0n) is 7.75. The molecule has 0 heterocycles. The fourth-order valence-corrected chi connectivity index (χ4v) is 1.10. The molecule has 1 N–H and O–H groups in total. The van der Waals surface area contributed by atoms with Crippen LogP contribution in [0.1, 0.15) is 6.92 Å². The zero-order valence-corrected chi connectivity index (χ0v) is 7.75. The molecule has 1 atom stereocenters. The van der Waals surface area contributed by atoms with E-state index in [0.29, 0.717) is 5.71 Å². The number of nitrogens with zero attached hydrogens (tertiary/aromatic N) is 3. The van der Waals surface area contributed by atoms with Crippen LogP contribution in [0, 0.1) is 0 Å². The van der Waals surface area contributed by atoms with Crippen LogP contribution in [0.4, 0.5) is 0 Å². The minimum Gasteiger partial charge on any atom is -0.379 e. The smallest absolute Gasteiger partial charge is 0.314 e. The van der Waals surface area contributed by atoms with Crippen LogP contribution in [0.2, 0.25) is 0 Å². The van der Waals surface area contributed by atoms with E-state index in [1.807, 2.05) is 19.2 Å². The molecule has 1 aliphatic rings. The zero-order chi connectivity index (χ0) is 9.84. The Bertz CT molecular complexity index is 271. The van der Waals surface area contributed by atoms with Gasteiger partial charge in [0.1, 0.15) is 6.23 Å². The molecule has 1 rings (SSSR count). The maximum absolute atomic E-state index is 9.27. The van der Waals surface area contributed by atoms with Crippen molar-refractivity contribution in [2.75, 3.05) is 7.05 Å². The van der Waals surface area contributed by atoms with Gasteiger partial charge in [0, 0.05) is 18.2 Å². The lowest BCUT2D eigenvalue weighted by molar-refractivity contribution is -0.00227. The lowest BCUT2D eigenvalue weighted by atomic mass is 10.1. The van der Waals surface area contributed by atoms with Crippen molar-refractivity contribution in [1.82, 2.24) is 4.90 Å². The van der Waals surface area contributed by atoms with E-state index >= 15 is 0 Å².